The lowest BCUT2D eigenvalue weighted by Crippen LogP contribution is -2.65. The van der Waals surface area contributed by atoms with Crippen LogP contribution in [0, 0.1) is 34.2 Å². The first-order valence-electron chi connectivity index (χ1n) is 31.5. The molecule has 26 nitrogen and oxygen atoms in total. The van der Waals surface area contributed by atoms with Crippen molar-refractivity contribution in [3.63, 3.8) is 0 Å². The normalized spacial score (nSPS) is 33.0. The van der Waals surface area contributed by atoms with E-state index in [2.05, 4.69) is 59.0 Å². The van der Waals surface area contributed by atoms with Crippen molar-refractivity contribution in [2.75, 3.05) is 74.1 Å². The van der Waals surface area contributed by atoms with Crippen LogP contribution in [0.5, 0.6) is 23.0 Å². The Kier molecular flexibility index (Phi) is 29.0. The molecule has 0 aromatic heterocycles. The smallest absolute Gasteiger partial charge is 0.411 e. The summed E-state index contributed by atoms with van der Waals surface area (Å²) in [6.07, 6.45) is -13.7. The number of amides is 1. The highest BCUT2D eigenvalue weighted by Gasteiger charge is 2.52. The predicted octanol–water partition coefficient (Wildman–Crippen LogP) is 3.99. The maximum absolute atomic E-state index is 14.4. The molecule has 1 amide bonds. The second-order valence-electron chi connectivity index (χ2n) is 24.1. The molecule has 2 aromatic rings. The number of hydroxylamine groups is 1. The SMILES string of the molecule is CCN[C@H]1CO[C@@H](O[C@H]2[C@H](O[C@H]3C#CC=CC#C[C@]4(O)CC(=O)C(NC(=O)OC)=C3/C4=C\CSSC(C)(C)CNCCOc3ccccc3)O[C@H](C)[C@@H](NO[C@H]3C[C@H](O)[C@H]([SH]=C(O)c4c(C)c(I)c(O[C@@H]5O[C@@H](C)[C@H](O)[C@@H](OC)[C@H]5O)c(OC)c4OC)[C@@H](C)O3)[C@@H]2O)C[C@@H]1OC. The third-order valence-corrected chi connectivity index (χ3v) is 22.8. The molecule has 0 radical (unpaired) electrons. The number of rotatable bonds is 28. The number of fused-ring (bicyclic) bond motifs is 2. The predicted molar refractivity (Wildman–Crippen MR) is 369 cm³/mol. The van der Waals surface area contributed by atoms with Gasteiger partial charge in [0.25, 0.3) is 0 Å². The fourth-order valence-electron chi connectivity index (χ4n) is 11.9. The number of methoxy groups -OCH3 is 5. The molecule has 4 saturated heterocycles. The van der Waals surface area contributed by atoms with Crippen molar-refractivity contribution in [3.8, 4) is 46.7 Å². The molecule has 19 atom stereocenters. The zero-order chi connectivity index (χ0) is 69.6. The number of benzene rings is 2. The van der Waals surface area contributed by atoms with Crippen molar-refractivity contribution < 1.29 is 107 Å². The molecular formula is C66H91IN4O22S3. The average molecular weight is 1520 g/mol. The van der Waals surface area contributed by atoms with E-state index in [1.54, 1.807) is 51.7 Å². The summed E-state index contributed by atoms with van der Waals surface area (Å²) in [5, 5.41) is 79.4. The summed E-state index contributed by atoms with van der Waals surface area (Å²) >= 11 is 2.28. The Labute approximate surface area is 585 Å². The number of alkyl carbamates (subject to hydrolysis) is 1. The fourth-order valence-corrected chi connectivity index (χ4v) is 16.1. The quantitative estimate of drug-likeness (QED) is 0.0109. The Balaban J connectivity index is 1.02. The number of halogens is 1. The van der Waals surface area contributed by atoms with Gasteiger partial charge in [-0.2, -0.15) is 16.8 Å². The number of ether oxygens (including phenoxy) is 13. The molecule has 96 heavy (non-hydrogen) atoms. The van der Waals surface area contributed by atoms with Gasteiger partial charge in [0.2, 0.25) is 12.0 Å². The molecule has 4 aliphatic heterocycles. The summed E-state index contributed by atoms with van der Waals surface area (Å²) in [7, 11) is 9.97. The van der Waals surface area contributed by atoms with E-state index in [4.69, 9.17) is 66.4 Å². The number of carbonyl (C=O) groups excluding carboxylic acids is 2. The standard InChI is InChI=1S/C66H91IN4O22S3/c1-13-69-40-32-86-45(30-44(40)80-8)91-58-53(75)50(71-93-46-29-41(72)60(37(5)87-46)95-61(77)47-34(2)49(67)56(59(83-11)55(47)81-9)92-62-54(76)57(82-10)52(74)36(4)89-62)35(3)88-63(58)90-43-23-19-14-15-20-25-66(79)31-42(73)51(70-64(78)84-12)48(43)39(66)24-28-94-96-65(6,7)33-68-26-27-85-38-21-17-16-18-22-38/h14-18,21-22,24,35-37,40-41,43-46,50,52-54,57-58,60,62-63,68-69,71-72,74-77,79,95H,13,26-33H2,1-12H3,(H,70,78)/b15-14?,39-24+/t35-,36+,37-,40+,41+,43+,44+,45+,46+,50-,52+,53+,54-,57-,58-,60-,62+,63+,66+/m1/s1. The second-order valence-corrected chi connectivity index (χ2v) is 29.5. The molecule has 8 rings (SSSR count). The molecule has 0 spiro atoms. The number of likely N-dealkylation sites (N-methyl/N-ethyl adjacent to an activating group) is 1. The van der Waals surface area contributed by atoms with Crippen LogP contribution in [-0.4, -0.2) is 242 Å². The van der Waals surface area contributed by atoms with Crippen LogP contribution in [0.15, 0.2) is 65.4 Å². The third kappa shape index (κ3) is 19.1. The molecule has 0 saturated carbocycles. The zero-order valence-corrected chi connectivity index (χ0v) is 60.4. The molecule has 30 heteroatoms. The van der Waals surface area contributed by atoms with E-state index in [1.807, 2.05) is 59.8 Å². The van der Waals surface area contributed by atoms with Gasteiger partial charge in [-0.25, -0.2) is 4.79 Å². The topological polar surface area (TPSA) is 333 Å². The summed E-state index contributed by atoms with van der Waals surface area (Å²) in [6.45, 7) is 15.4. The van der Waals surface area contributed by atoms with Gasteiger partial charge in [0.15, 0.2) is 41.8 Å². The van der Waals surface area contributed by atoms with Gasteiger partial charge < -0.3 is 103 Å². The first kappa shape index (κ1) is 77.6. The van der Waals surface area contributed by atoms with Crippen molar-refractivity contribution in [1.29, 1.82) is 0 Å². The van der Waals surface area contributed by atoms with Crippen LogP contribution in [-0.2, 0) is 52.3 Å². The molecule has 0 unspecified atom stereocenters. The van der Waals surface area contributed by atoms with Crippen LogP contribution in [0.25, 0.3) is 0 Å². The first-order valence-corrected chi connectivity index (χ1v) is 35.9. The van der Waals surface area contributed by atoms with Gasteiger partial charge in [0.1, 0.15) is 54.0 Å². The van der Waals surface area contributed by atoms with E-state index in [-0.39, 0.29) is 98.2 Å². The highest BCUT2D eigenvalue weighted by Crippen LogP contribution is 2.48. The number of thiol groups is 1. The Morgan fingerprint density at radius 1 is 0.885 bits per heavy atom. The molecule has 6 aliphatic rings. The van der Waals surface area contributed by atoms with E-state index in [9.17, 15) is 40.2 Å². The summed E-state index contributed by atoms with van der Waals surface area (Å²) in [5.74, 6) is 12.4. The van der Waals surface area contributed by atoms with Crippen LogP contribution in [0.4, 0.5) is 4.79 Å². The second kappa shape index (κ2) is 35.9. The lowest BCUT2D eigenvalue weighted by Gasteiger charge is -2.46. The van der Waals surface area contributed by atoms with Crippen molar-refractivity contribution in [1.82, 2.24) is 21.4 Å². The van der Waals surface area contributed by atoms with Gasteiger partial charge >= 0.3 is 6.09 Å². The van der Waals surface area contributed by atoms with Crippen molar-refractivity contribution >= 4 is 72.5 Å². The van der Waals surface area contributed by atoms with Gasteiger partial charge in [-0.3, -0.25) is 14.9 Å². The molecule has 2 aromatic carbocycles. The van der Waals surface area contributed by atoms with Crippen molar-refractivity contribution in [3.05, 3.63) is 80.1 Å². The Hall–Kier alpha value is -4.15. The minimum atomic E-state index is -2.11. The van der Waals surface area contributed by atoms with Gasteiger partial charge in [0, 0.05) is 61.8 Å². The van der Waals surface area contributed by atoms with Gasteiger partial charge in [0.05, 0.1) is 97.0 Å². The van der Waals surface area contributed by atoms with Crippen molar-refractivity contribution in [2.24, 2.45) is 0 Å². The molecule has 532 valence electrons. The van der Waals surface area contributed by atoms with Crippen LogP contribution in [0.2, 0.25) is 0 Å². The minimum Gasteiger partial charge on any atom is -0.492 e. The van der Waals surface area contributed by atoms with Gasteiger partial charge in [-0.15, -0.1) is 0 Å². The number of carbonyl (C=O) groups is 2. The van der Waals surface area contributed by atoms with Crippen LogP contribution < -0.4 is 40.4 Å². The lowest BCUT2D eigenvalue weighted by atomic mass is 9.75. The minimum absolute atomic E-state index is 0.0288. The maximum atomic E-state index is 14.4. The number of nitrogens with one attached hydrogen (secondary N) is 4. The number of para-hydroxylation sites is 1. The summed E-state index contributed by atoms with van der Waals surface area (Å²) < 4.78 is 78.9. The largest absolute Gasteiger partial charge is 0.492 e. The highest BCUT2D eigenvalue weighted by atomic mass is 127. The molecule has 4 fully saturated rings. The number of hydrogen-bond donors (Lipinski definition) is 11. The average Bonchev–Trinajstić information content (AvgIpc) is 0.794. The molecular weight excluding hydrogens is 1420 g/mol. The maximum Gasteiger partial charge on any atom is 0.411 e. The first-order chi connectivity index (χ1) is 45.9. The van der Waals surface area contributed by atoms with E-state index in [0.717, 1.165) is 12.9 Å². The number of aliphatic hydroxyl groups excluding tert-OH is 5. The van der Waals surface area contributed by atoms with E-state index < -0.39 is 121 Å². The van der Waals surface area contributed by atoms with Crippen molar-refractivity contribution in [2.45, 2.75) is 188 Å². The van der Waals surface area contributed by atoms with E-state index in [0.29, 0.717) is 35.4 Å². The van der Waals surface area contributed by atoms with Crippen LogP contribution >= 0.6 is 55.5 Å². The Morgan fingerprint density at radius 2 is 1.61 bits per heavy atom. The number of ketones is 1. The number of allylic oxidation sites excluding steroid dienone is 3. The number of Topliss-reactive ketones (excluding diaryl/α,β-unsaturated/α-hetero) is 1. The van der Waals surface area contributed by atoms with E-state index in [1.165, 1.54) is 44.3 Å². The highest BCUT2D eigenvalue weighted by molar-refractivity contribution is 14.1. The summed E-state index contributed by atoms with van der Waals surface area (Å²) in [5.41, 5.74) is 1.44. The molecule has 4 heterocycles. The molecule has 10 N–H and O–H groups in total. The molecule has 2 aliphatic carbocycles. The number of hydrogen-bond acceptors (Lipinski definition) is 26. The summed E-state index contributed by atoms with van der Waals surface area (Å²) in [4.78, 5) is 33.8. The monoisotopic (exact) mass is 1510 g/mol. The Bertz CT molecular complexity index is 3220. The number of aliphatic hydroxyl groups is 6. The van der Waals surface area contributed by atoms with Crippen LogP contribution in [0.3, 0.4) is 0 Å². The zero-order valence-electron chi connectivity index (χ0n) is 55.7. The molecule has 2 bridgehead atoms. The van der Waals surface area contributed by atoms with Gasteiger partial charge in [-0.1, -0.05) is 76.5 Å². The fraction of sp³-hybridized carbons (Fsp3) is 0.621. The Morgan fingerprint density at radius 3 is 2.30 bits per heavy atom. The van der Waals surface area contributed by atoms with E-state index >= 15 is 0 Å². The summed E-state index contributed by atoms with van der Waals surface area (Å²) in [6, 6.07) is 8.28. The van der Waals surface area contributed by atoms with Crippen LogP contribution in [0.1, 0.15) is 71.9 Å². The third-order valence-electron chi connectivity index (χ3n) is 16.9. The van der Waals surface area contributed by atoms with Gasteiger partial charge in [-0.05, 0) is 101 Å². The lowest BCUT2D eigenvalue weighted by molar-refractivity contribution is -0.336.